The van der Waals surface area contributed by atoms with Gasteiger partial charge in [-0.1, -0.05) is 23.7 Å². The van der Waals surface area contributed by atoms with Crippen LogP contribution in [-0.2, 0) is 6.61 Å². The lowest BCUT2D eigenvalue weighted by atomic mass is 9.79. The minimum absolute atomic E-state index is 0.0177. The van der Waals surface area contributed by atoms with Gasteiger partial charge in [0.2, 0.25) is 0 Å². The molecule has 0 amide bonds. The third-order valence-corrected chi connectivity index (χ3v) is 2.67. The number of rotatable bonds is 4. The predicted octanol–water partition coefficient (Wildman–Crippen LogP) is 3.60. The molecule has 0 bridgehead atoms. The molecule has 2 rings (SSSR count). The van der Waals surface area contributed by atoms with Crippen molar-refractivity contribution in [2.75, 3.05) is 0 Å². The lowest BCUT2D eigenvalue weighted by Crippen LogP contribution is -2.35. The number of halogens is 5. The summed E-state index contributed by atoms with van der Waals surface area (Å²) in [4.78, 5) is 0. The Bertz CT molecular complexity index is 612. The Balaban J connectivity index is 2.19. The Kier molecular flexibility index (Phi) is 3.97. The average Bonchev–Trinajstić information content (AvgIpc) is 2.37. The number of benzene rings is 2. The van der Waals surface area contributed by atoms with Crippen LogP contribution in [0.4, 0.5) is 21.7 Å². The summed E-state index contributed by atoms with van der Waals surface area (Å²) in [6, 6.07) is 7.49. The summed E-state index contributed by atoms with van der Waals surface area (Å²) in [5.41, 5.74) is -0.897. The average molecular weight is 287 g/mol. The van der Waals surface area contributed by atoms with Gasteiger partial charge in [0.05, 0.1) is 5.75 Å². The van der Waals surface area contributed by atoms with Crippen LogP contribution in [0.25, 0.3) is 0 Å². The van der Waals surface area contributed by atoms with Gasteiger partial charge in [-0.3, -0.25) is 0 Å². The van der Waals surface area contributed by atoms with E-state index in [1.807, 2.05) is 0 Å². The van der Waals surface area contributed by atoms with Gasteiger partial charge in [0.1, 0.15) is 18.2 Å². The van der Waals surface area contributed by atoms with Crippen LogP contribution in [0.5, 0.6) is 5.75 Å². The first-order chi connectivity index (χ1) is 9.38. The van der Waals surface area contributed by atoms with Crippen molar-refractivity contribution in [3.05, 3.63) is 59.7 Å². The number of hydrogen-bond acceptors (Lipinski definition) is 1. The molecule has 0 atom stereocenters. The first-order valence-corrected chi connectivity index (χ1v) is 5.73. The lowest BCUT2D eigenvalue weighted by molar-refractivity contribution is 0.300. The number of para-hydroxylation sites is 1. The van der Waals surface area contributed by atoms with Gasteiger partial charge in [-0.05, 0) is 18.2 Å². The van der Waals surface area contributed by atoms with E-state index >= 15 is 0 Å². The minimum atomic E-state index is -5.21. The highest BCUT2D eigenvalue weighted by atomic mass is 19.4. The maximum Gasteiger partial charge on any atom is 0.513 e. The summed E-state index contributed by atoms with van der Waals surface area (Å²) >= 11 is 0. The van der Waals surface area contributed by atoms with Crippen molar-refractivity contribution in [1.82, 2.24) is 0 Å². The molecule has 106 valence electrons. The van der Waals surface area contributed by atoms with E-state index in [-0.39, 0.29) is 11.3 Å². The normalized spacial score (nSPS) is 11.4. The van der Waals surface area contributed by atoms with Gasteiger partial charge in [0.15, 0.2) is 0 Å². The Morgan fingerprint density at radius 3 is 2.30 bits per heavy atom. The van der Waals surface area contributed by atoms with Crippen LogP contribution < -0.4 is 10.2 Å². The highest BCUT2D eigenvalue weighted by Crippen LogP contribution is 2.19. The molecular weight excluding hydrogens is 278 g/mol. The van der Waals surface area contributed by atoms with E-state index < -0.39 is 30.7 Å². The first-order valence-electron chi connectivity index (χ1n) is 5.73. The van der Waals surface area contributed by atoms with Crippen LogP contribution in [0.2, 0.25) is 0 Å². The van der Waals surface area contributed by atoms with E-state index in [2.05, 4.69) is 0 Å². The van der Waals surface area contributed by atoms with E-state index in [0.717, 1.165) is 24.3 Å². The minimum Gasteiger partial charge on any atom is -0.492 e. The summed E-state index contributed by atoms with van der Waals surface area (Å²) in [6.45, 7) is -5.62. The molecule has 0 saturated carbocycles. The van der Waals surface area contributed by atoms with E-state index in [1.54, 1.807) is 0 Å². The smallest absolute Gasteiger partial charge is 0.492 e. The van der Waals surface area contributed by atoms with Crippen molar-refractivity contribution >= 4 is 12.4 Å². The van der Waals surface area contributed by atoms with Gasteiger partial charge in [-0.25, -0.2) is 8.78 Å². The van der Waals surface area contributed by atoms with Gasteiger partial charge >= 0.3 is 6.98 Å². The molecule has 0 spiro atoms. The van der Waals surface area contributed by atoms with E-state index in [4.69, 9.17) is 4.74 Å². The summed E-state index contributed by atoms with van der Waals surface area (Å²) in [6.07, 6.45) is 0. The Morgan fingerprint density at radius 2 is 1.65 bits per heavy atom. The first kappa shape index (κ1) is 14.4. The second-order valence-electron chi connectivity index (χ2n) is 4.14. The molecule has 2 aromatic rings. The van der Waals surface area contributed by atoms with Gasteiger partial charge in [-0.2, -0.15) is 0 Å². The second kappa shape index (κ2) is 5.52. The fourth-order valence-corrected chi connectivity index (χ4v) is 1.68. The summed E-state index contributed by atoms with van der Waals surface area (Å²) in [5, 5.41) is 0. The molecule has 0 aliphatic rings. The zero-order valence-electron chi connectivity index (χ0n) is 10.1. The van der Waals surface area contributed by atoms with Gasteiger partial charge < -0.3 is 17.7 Å². The lowest BCUT2D eigenvalue weighted by Gasteiger charge is -2.19. The van der Waals surface area contributed by atoms with Gasteiger partial charge in [-0.15, -0.1) is 0 Å². The number of ether oxygens (including phenoxy) is 1. The molecule has 7 heteroatoms. The van der Waals surface area contributed by atoms with Crippen molar-refractivity contribution in [2.24, 2.45) is 0 Å². The molecule has 2 aromatic carbocycles. The van der Waals surface area contributed by atoms with Crippen LogP contribution in [0, 0.1) is 11.6 Å². The predicted molar refractivity (Wildman–Crippen MR) is 65.8 cm³/mol. The summed E-state index contributed by atoms with van der Waals surface area (Å²) in [5.74, 6) is -1.99. The largest absolute Gasteiger partial charge is 0.513 e. The Labute approximate surface area is 112 Å². The molecule has 0 fully saturated rings. The molecule has 20 heavy (non-hydrogen) atoms. The SMILES string of the molecule is Fc1ccc(COc2ccccc2[B-](F)(F)F)c(F)c1. The maximum absolute atomic E-state index is 13.3. The second-order valence-corrected chi connectivity index (χ2v) is 4.14. The third kappa shape index (κ3) is 3.29. The van der Waals surface area contributed by atoms with Crippen molar-refractivity contribution in [3.63, 3.8) is 0 Å². The standard InChI is InChI=1S/C13H9BF5O/c15-10-6-5-9(12(16)7-10)8-20-13-4-2-1-3-11(13)14(17,18)19/h1-7H,8H2/q-1. The molecule has 0 aromatic heterocycles. The molecule has 0 N–H and O–H groups in total. The van der Waals surface area contributed by atoms with Crippen LogP contribution in [-0.4, -0.2) is 6.98 Å². The molecule has 0 unspecified atom stereocenters. The summed E-state index contributed by atoms with van der Waals surface area (Å²) in [7, 11) is 0. The molecule has 0 aliphatic heterocycles. The fraction of sp³-hybridized carbons (Fsp3) is 0.0769. The Hall–Kier alpha value is -2.05. The van der Waals surface area contributed by atoms with Crippen molar-refractivity contribution < 1.29 is 26.5 Å². The molecule has 1 nitrogen and oxygen atoms in total. The van der Waals surface area contributed by atoms with E-state index in [0.29, 0.717) is 6.07 Å². The van der Waals surface area contributed by atoms with Crippen LogP contribution in [0.1, 0.15) is 5.56 Å². The molecule has 0 aliphatic carbocycles. The van der Waals surface area contributed by atoms with E-state index in [9.17, 15) is 21.7 Å². The maximum atomic E-state index is 13.3. The van der Waals surface area contributed by atoms with Gasteiger partial charge in [0.25, 0.3) is 0 Å². The molecular formula is C13H9BF5O-. The summed E-state index contributed by atoms with van der Waals surface area (Å²) < 4.78 is 69.4. The zero-order chi connectivity index (χ0) is 14.8. The van der Waals surface area contributed by atoms with Crippen LogP contribution >= 0.6 is 0 Å². The van der Waals surface area contributed by atoms with Crippen LogP contribution in [0.15, 0.2) is 42.5 Å². The highest BCUT2D eigenvalue weighted by molar-refractivity contribution is 6.74. The van der Waals surface area contributed by atoms with Crippen molar-refractivity contribution in [1.29, 1.82) is 0 Å². The Morgan fingerprint density at radius 1 is 0.950 bits per heavy atom. The van der Waals surface area contributed by atoms with Crippen molar-refractivity contribution in [2.45, 2.75) is 6.61 Å². The zero-order valence-corrected chi connectivity index (χ0v) is 10.1. The fourth-order valence-electron chi connectivity index (χ4n) is 1.68. The number of hydrogen-bond donors (Lipinski definition) is 0. The third-order valence-electron chi connectivity index (χ3n) is 2.67. The van der Waals surface area contributed by atoms with Crippen LogP contribution in [0.3, 0.4) is 0 Å². The highest BCUT2D eigenvalue weighted by Gasteiger charge is 2.28. The topological polar surface area (TPSA) is 9.23 Å². The molecule has 0 heterocycles. The quantitative estimate of drug-likeness (QED) is 0.616. The van der Waals surface area contributed by atoms with Gasteiger partial charge in [0, 0.05) is 11.6 Å². The molecule has 0 saturated heterocycles. The van der Waals surface area contributed by atoms with E-state index in [1.165, 1.54) is 12.1 Å². The molecule has 0 radical (unpaired) electrons. The van der Waals surface area contributed by atoms with Crippen molar-refractivity contribution in [3.8, 4) is 5.75 Å². The monoisotopic (exact) mass is 287 g/mol.